The van der Waals surface area contributed by atoms with E-state index in [4.69, 9.17) is 15.6 Å². The second-order valence-electron chi connectivity index (χ2n) is 10.3. The Morgan fingerprint density at radius 1 is 1.05 bits per heavy atom. The van der Waals surface area contributed by atoms with Crippen molar-refractivity contribution >= 4 is 28.3 Å². The smallest absolute Gasteiger partial charge is 0.320 e. The number of fused-ring (bicyclic) bond motifs is 2. The standard InChI is InChI=1S/C29H31N9O2/c30-28-27-23(21-6-7-22-17-37(34-24(22)14-21)16-20-4-2-1-3-5-20)15-25(38(27)33-19-32-28)26-18-36(12-13-40-26)29(39)35-10-8-31-9-11-35/h1-7,14-15,17,19,26,31H,8-13,16,18H2,(H2,30,32,33). The van der Waals surface area contributed by atoms with Crippen LogP contribution >= 0.6 is 0 Å². The van der Waals surface area contributed by atoms with E-state index in [1.54, 1.807) is 4.52 Å². The second-order valence-corrected chi connectivity index (χ2v) is 10.3. The number of rotatable bonds is 4. The Kier molecular flexibility index (Phi) is 6.29. The van der Waals surface area contributed by atoms with E-state index < -0.39 is 0 Å². The summed E-state index contributed by atoms with van der Waals surface area (Å²) in [5.41, 5.74) is 11.9. The SMILES string of the molecule is Nc1ncnn2c(C3CN(C(=O)N4CCNCC4)CCO3)cc(-c3ccc4cn(Cc5ccccc5)nc4c3)c12. The number of morpholine rings is 1. The number of nitrogen functional groups attached to an aromatic ring is 1. The number of ether oxygens (including phenoxy) is 1. The number of aromatic nitrogens is 5. The van der Waals surface area contributed by atoms with Crippen LogP contribution in [0.25, 0.3) is 27.5 Å². The number of amides is 2. The van der Waals surface area contributed by atoms with E-state index in [2.05, 4.69) is 58.0 Å². The van der Waals surface area contributed by atoms with Crippen LogP contribution in [0, 0.1) is 0 Å². The van der Waals surface area contributed by atoms with Crippen molar-refractivity contribution in [3.63, 3.8) is 0 Å². The molecule has 2 fully saturated rings. The number of hydrogen-bond donors (Lipinski definition) is 2. The van der Waals surface area contributed by atoms with Crippen molar-refractivity contribution in [2.75, 3.05) is 51.6 Å². The molecule has 2 aliphatic rings. The molecule has 0 bridgehead atoms. The summed E-state index contributed by atoms with van der Waals surface area (Å²) in [5.74, 6) is 0.385. The van der Waals surface area contributed by atoms with Gasteiger partial charge in [0.1, 0.15) is 17.9 Å². The molecule has 2 aliphatic heterocycles. The lowest BCUT2D eigenvalue weighted by Gasteiger charge is -2.37. The molecule has 0 spiro atoms. The predicted molar refractivity (Wildman–Crippen MR) is 152 cm³/mol. The molecule has 3 aromatic heterocycles. The monoisotopic (exact) mass is 537 g/mol. The fraction of sp³-hybridized carbons (Fsp3) is 0.310. The predicted octanol–water partition coefficient (Wildman–Crippen LogP) is 2.78. The van der Waals surface area contributed by atoms with Gasteiger partial charge in [0.2, 0.25) is 0 Å². The molecular formula is C29H31N9O2. The number of carbonyl (C=O) groups excluding carboxylic acids is 1. The van der Waals surface area contributed by atoms with Crippen molar-refractivity contribution in [2.45, 2.75) is 12.6 Å². The summed E-state index contributed by atoms with van der Waals surface area (Å²) in [6.45, 7) is 5.23. The molecule has 7 rings (SSSR count). The van der Waals surface area contributed by atoms with Crippen LogP contribution in [0.3, 0.4) is 0 Å². The summed E-state index contributed by atoms with van der Waals surface area (Å²) in [4.78, 5) is 21.3. The summed E-state index contributed by atoms with van der Waals surface area (Å²) >= 11 is 0. The molecular weight excluding hydrogens is 506 g/mol. The van der Waals surface area contributed by atoms with Crippen LogP contribution in [0.2, 0.25) is 0 Å². The first-order chi connectivity index (χ1) is 19.6. The lowest BCUT2D eigenvalue weighted by molar-refractivity contribution is -0.0237. The zero-order valence-electron chi connectivity index (χ0n) is 22.1. The topological polar surface area (TPSA) is 119 Å². The zero-order valence-corrected chi connectivity index (χ0v) is 22.1. The quantitative estimate of drug-likeness (QED) is 0.362. The minimum atomic E-state index is -0.343. The first kappa shape index (κ1) is 24.6. The van der Waals surface area contributed by atoms with Gasteiger partial charge in [-0.1, -0.05) is 42.5 Å². The largest absolute Gasteiger partial charge is 0.382 e. The number of urea groups is 1. The van der Waals surface area contributed by atoms with Gasteiger partial charge in [0.25, 0.3) is 0 Å². The van der Waals surface area contributed by atoms with E-state index in [0.29, 0.717) is 45.1 Å². The van der Waals surface area contributed by atoms with E-state index in [1.165, 1.54) is 11.9 Å². The molecule has 3 N–H and O–H groups in total. The number of nitrogens with two attached hydrogens (primary N) is 1. The van der Waals surface area contributed by atoms with E-state index in [9.17, 15) is 4.79 Å². The molecule has 2 amide bonds. The van der Waals surface area contributed by atoms with Crippen molar-refractivity contribution in [3.05, 3.63) is 78.4 Å². The fourth-order valence-electron chi connectivity index (χ4n) is 5.69. The van der Waals surface area contributed by atoms with Gasteiger partial charge in [0.05, 0.1) is 30.9 Å². The summed E-state index contributed by atoms with van der Waals surface area (Å²) in [6.07, 6.45) is 3.17. The Morgan fingerprint density at radius 3 is 2.75 bits per heavy atom. The number of nitrogens with one attached hydrogen (secondary N) is 1. The van der Waals surface area contributed by atoms with Crippen LogP contribution in [-0.4, -0.2) is 86.1 Å². The highest BCUT2D eigenvalue weighted by Crippen LogP contribution is 2.35. The third-order valence-electron chi connectivity index (χ3n) is 7.72. The van der Waals surface area contributed by atoms with Gasteiger partial charge in [0, 0.05) is 49.9 Å². The van der Waals surface area contributed by atoms with Gasteiger partial charge >= 0.3 is 6.03 Å². The zero-order chi connectivity index (χ0) is 27.1. The number of benzene rings is 2. The Hall–Kier alpha value is -4.48. The van der Waals surface area contributed by atoms with Crippen molar-refractivity contribution in [3.8, 4) is 11.1 Å². The van der Waals surface area contributed by atoms with Gasteiger partial charge in [-0.05, 0) is 23.3 Å². The number of hydrogen-bond acceptors (Lipinski definition) is 7. The maximum absolute atomic E-state index is 13.2. The number of nitrogens with zero attached hydrogens (tertiary/aromatic N) is 7. The summed E-state index contributed by atoms with van der Waals surface area (Å²) in [6, 6.07) is 18.6. The molecule has 1 unspecified atom stereocenters. The normalized spacial score (nSPS) is 18.1. The van der Waals surface area contributed by atoms with E-state index in [1.807, 2.05) is 32.7 Å². The molecule has 0 aliphatic carbocycles. The number of anilines is 1. The van der Waals surface area contributed by atoms with Gasteiger partial charge in [-0.15, -0.1) is 0 Å². The fourth-order valence-corrected chi connectivity index (χ4v) is 5.69. The van der Waals surface area contributed by atoms with Gasteiger partial charge < -0.3 is 25.6 Å². The first-order valence-electron chi connectivity index (χ1n) is 13.6. The molecule has 2 aromatic carbocycles. The van der Waals surface area contributed by atoms with Crippen LogP contribution in [0.15, 0.2) is 67.1 Å². The Labute approximate surface area is 231 Å². The molecule has 5 aromatic rings. The highest BCUT2D eigenvalue weighted by molar-refractivity contribution is 5.92. The molecule has 204 valence electrons. The van der Waals surface area contributed by atoms with Crippen molar-refractivity contribution < 1.29 is 9.53 Å². The molecule has 0 radical (unpaired) electrons. The third-order valence-corrected chi connectivity index (χ3v) is 7.72. The minimum absolute atomic E-state index is 0.0570. The Balaban J connectivity index is 1.22. The average Bonchev–Trinajstić information content (AvgIpc) is 3.59. The van der Waals surface area contributed by atoms with Gasteiger partial charge in [-0.2, -0.15) is 10.2 Å². The Morgan fingerprint density at radius 2 is 1.90 bits per heavy atom. The average molecular weight is 538 g/mol. The van der Waals surface area contributed by atoms with Crippen LogP contribution < -0.4 is 11.1 Å². The van der Waals surface area contributed by atoms with Crippen molar-refractivity contribution in [2.24, 2.45) is 0 Å². The van der Waals surface area contributed by atoms with Crippen molar-refractivity contribution in [1.82, 2.24) is 39.5 Å². The first-order valence-corrected chi connectivity index (χ1v) is 13.6. The molecule has 1 atom stereocenters. The molecule has 11 heteroatoms. The molecule has 2 saturated heterocycles. The summed E-state index contributed by atoms with van der Waals surface area (Å²) < 4.78 is 9.96. The highest BCUT2D eigenvalue weighted by atomic mass is 16.5. The van der Waals surface area contributed by atoms with Gasteiger partial charge in [-0.25, -0.2) is 14.3 Å². The third kappa shape index (κ3) is 4.52. The van der Waals surface area contributed by atoms with E-state index in [0.717, 1.165) is 46.3 Å². The maximum Gasteiger partial charge on any atom is 0.320 e. The van der Waals surface area contributed by atoms with Crippen molar-refractivity contribution in [1.29, 1.82) is 0 Å². The minimum Gasteiger partial charge on any atom is -0.382 e. The van der Waals surface area contributed by atoms with Gasteiger partial charge in [0.15, 0.2) is 5.82 Å². The van der Waals surface area contributed by atoms with Crippen LogP contribution in [0.4, 0.5) is 10.6 Å². The second kappa shape index (κ2) is 10.2. The summed E-state index contributed by atoms with van der Waals surface area (Å²) in [5, 5.41) is 13.7. The highest BCUT2D eigenvalue weighted by Gasteiger charge is 2.31. The van der Waals surface area contributed by atoms with Crippen LogP contribution in [0.1, 0.15) is 17.4 Å². The maximum atomic E-state index is 13.2. The number of carbonyl (C=O) groups is 1. The molecule has 0 saturated carbocycles. The molecule has 40 heavy (non-hydrogen) atoms. The van der Waals surface area contributed by atoms with E-state index >= 15 is 0 Å². The summed E-state index contributed by atoms with van der Waals surface area (Å²) in [7, 11) is 0. The molecule has 11 nitrogen and oxygen atoms in total. The lowest BCUT2D eigenvalue weighted by atomic mass is 10.0. The van der Waals surface area contributed by atoms with Crippen LogP contribution in [-0.2, 0) is 11.3 Å². The van der Waals surface area contributed by atoms with Gasteiger partial charge in [-0.3, -0.25) is 4.68 Å². The van der Waals surface area contributed by atoms with Crippen LogP contribution in [0.5, 0.6) is 0 Å². The number of piperazine rings is 1. The van der Waals surface area contributed by atoms with E-state index in [-0.39, 0.29) is 12.1 Å². The molecule has 5 heterocycles. The lowest BCUT2D eigenvalue weighted by Crippen LogP contribution is -2.54. The Bertz CT molecular complexity index is 1670.